The van der Waals surface area contributed by atoms with E-state index in [4.69, 9.17) is 0 Å². The molecule has 11 heteroatoms. The summed E-state index contributed by atoms with van der Waals surface area (Å²) in [5.41, 5.74) is 1.74. The number of thioether (sulfide) groups is 1. The van der Waals surface area contributed by atoms with Crippen LogP contribution in [0.2, 0.25) is 0 Å². The van der Waals surface area contributed by atoms with Crippen molar-refractivity contribution in [1.82, 2.24) is 9.97 Å². The Morgan fingerprint density at radius 2 is 1.89 bits per heavy atom. The van der Waals surface area contributed by atoms with Gasteiger partial charge in [-0.3, -0.25) is 20.2 Å². The molecule has 4 rings (SSSR count). The quantitative estimate of drug-likeness (QED) is 0.199. The Hall–Kier alpha value is -2.34. The third-order valence-electron chi connectivity index (χ3n) is 3.49. The van der Waals surface area contributed by atoms with Gasteiger partial charge in [-0.2, -0.15) is 0 Å². The molecule has 0 saturated carbocycles. The average molecular weight is 435 g/mol. The maximum atomic E-state index is 12.1. The zero-order valence-electron chi connectivity index (χ0n) is 13.7. The third-order valence-corrected chi connectivity index (χ3v) is 7.70. The SMILES string of the molecule is CSc1nc2ccc3nc(NC(=O)C=Cc4ccc([N+](=O)[O-])s4)sc3c2s1. The van der Waals surface area contributed by atoms with Gasteiger partial charge >= 0.3 is 5.00 Å². The molecule has 3 heterocycles. The summed E-state index contributed by atoms with van der Waals surface area (Å²) in [7, 11) is 0. The lowest BCUT2D eigenvalue weighted by Crippen LogP contribution is -2.06. The molecule has 1 aromatic carbocycles. The Morgan fingerprint density at radius 1 is 1.15 bits per heavy atom. The van der Waals surface area contributed by atoms with Gasteiger partial charge < -0.3 is 0 Å². The molecule has 27 heavy (non-hydrogen) atoms. The van der Waals surface area contributed by atoms with Gasteiger partial charge in [-0.05, 0) is 30.5 Å². The second kappa shape index (κ2) is 7.35. The van der Waals surface area contributed by atoms with Crippen molar-refractivity contribution in [2.75, 3.05) is 11.6 Å². The fourth-order valence-electron chi connectivity index (χ4n) is 2.33. The number of thiazole rings is 2. The molecule has 0 aliphatic rings. The number of amides is 1. The van der Waals surface area contributed by atoms with Crippen molar-refractivity contribution < 1.29 is 9.72 Å². The minimum atomic E-state index is -0.453. The highest BCUT2D eigenvalue weighted by Crippen LogP contribution is 2.38. The molecule has 0 fully saturated rings. The van der Waals surface area contributed by atoms with Crippen molar-refractivity contribution >= 4 is 88.3 Å². The van der Waals surface area contributed by atoms with E-state index < -0.39 is 4.92 Å². The van der Waals surface area contributed by atoms with Crippen LogP contribution in [0.4, 0.5) is 10.1 Å². The number of nitrogens with one attached hydrogen (secondary N) is 1. The lowest BCUT2D eigenvalue weighted by molar-refractivity contribution is -0.380. The number of hydrogen-bond donors (Lipinski definition) is 1. The Balaban J connectivity index is 1.54. The predicted molar refractivity (Wildman–Crippen MR) is 113 cm³/mol. The number of thiophene rings is 1. The summed E-state index contributed by atoms with van der Waals surface area (Å²) in [5.74, 6) is -0.338. The van der Waals surface area contributed by atoms with Crippen LogP contribution in [0.1, 0.15) is 4.88 Å². The fourth-order valence-corrected chi connectivity index (χ4v) is 5.71. The zero-order chi connectivity index (χ0) is 19.0. The molecule has 3 aromatic heterocycles. The number of carbonyl (C=O) groups is 1. The lowest BCUT2D eigenvalue weighted by Gasteiger charge is -1.94. The standard InChI is InChI=1S/C16H10N4O3S4/c1-24-16-18-10-5-4-9-13(14(10)27-16)26-15(17-9)19-11(21)6-2-8-3-7-12(25-8)20(22)23/h2-7H,1H3,(H,17,19,21). The van der Waals surface area contributed by atoms with Gasteiger partial charge in [-0.25, -0.2) is 9.97 Å². The maximum Gasteiger partial charge on any atom is 0.324 e. The molecule has 0 aliphatic heterocycles. The van der Waals surface area contributed by atoms with Gasteiger partial charge in [-0.1, -0.05) is 34.4 Å². The van der Waals surface area contributed by atoms with Gasteiger partial charge in [0.05, 0.1) is 25.4 Å². The number of anilines is 1. The largest absolute Gasteiger partial charge is 0.324 e. The minimum absolute atomic E-state index is 0.0411. The van der Waals surface area contributed by atoms with Crippen molar-refractivity contribution in [2.24, 2.45) is 0 Å². The first-order chi connectivity index (χ1) is 13.0. The van der Waals surface area contributed by atoms with Crippen molar-refractivity contribution in [1.29, 1.82) is 0 Å². The summed E-state index contributed by atoms with van der Waals surface area (Å²) in [6.07, 6.45) is 4.88. The zero-order valence-corrected chi connectivity index (χ0v) is 16.9. The third kappa shape index (κ3) is 3.72. The van der Waals surface area contributed by atoms with Crippen LogP contribution < -0.4 is 5.32 Å². The fraction of sp³-hybridized carbons (Fsp3) is 0.0625. The first kappa shape index (κ1) is 18.0. The van der Waals surface area contributed by atoms with Crippen LogP contribution in [0.3, 0.4) is 0 Å². The topological polar surface area (TPSA) is 98.0 Å². The first-order valence-corrected chi connectivity index (χ1v) is 11.2. The number of hydrogen-bond acceptors (Lipinski definition) is 9. The van der Waals surface area contributed by atoms with Gasteiger partial charge in [0.15, 0.2) is 9.47 Å². The molecule has 0 aliphatic carbocycles. The predicted octanol–water partition coefficient (Wildman–Crippen LogP) is 5.25. The van der Waals surface area contributed by atoms with Crippen LogP contribution in [-0.2, 0) is 4.79 Å². The number of aromatic nitrogens is 2. The summed E-state index contributed by atoms with van der Waals surface area (Å²) in [6, 6.07) is 6.85. The minimum Gasteiger partial charge on any atom is -0.298 e. The Bertz CT molecular complexity index is 1210. The second-order valence-electron chi connectivity index (χ2n) is 5.22. The van der Waals surface area contributed by atoms with Gasteiger partial charge in [0.25, 0.3) is 0 Å². The molecule has 0 unspecified atom stereocenters. The highest BCUT2D eigenvalue weighted by Gasteiger charge is 2.13. The summed E-state index contributed by atoms with van der Waals surface area (Å²) in [6.45, 7) is 0. The number of benzene rings is 1. The van der Waals surface area contributed by atoms with Crippen molar-refractivity contribution in [2.45, 2.75) is 4.34 Å². The van der Waals surface area contributed by atoms with E-state index >= 15 is 0 Å². The van der Waals surface area contributed by atoms with Gasteiger partial charge in [0.2, 0.25) is 5.91 Å². The van der Waals surface area contributed by atoms with Crippen LogP contribution in [0.25, 0.3) is 26.5 Å². The van der Waals surface area contributed by atoms with Gasteiger partial charge in [0, 0.05) is 17.0 Å². The van der Waals surface area contributed by atoms with Gasteiger partial charge in [0.1, 0.15) is 0 Å². The number of nitro groups is 1. The van der Waals surface area contributed by atoms with Crippen LogP contribution in [0.15, 0.2) is 34.7 Å². The molecule has 0 bridgehead atoms. The first-order valence-electron chi connectivity index (χ1n) is 7.51. The molecule has 0 spiro atoms. The molecule has 0 saturated heterocycles. The molecule has 4 aromatic rings. The van der Waals surface area contributed by atoms with Crippen LogP contribution >= 0.6 is 45.8 Å². The van der Waals surface area contributed by atoms with Crippen molar-refractivity contribution in [3.8, 4) is 0 Å². The summed E-state index contributed by atoms with van der Waals surface area (Å²) in [5, 5.41) is 14.0. The number of nitrogens with zero attached hydrogens (tertiary/aromatic N) is 3. The van der Waals surface area contributed by atoms with Crippen LogP contribution in [0.5, 0.6) is 0 Å². The maximum absolute atomic E-state index is 12.1. The van der Waals surface area contributed by atoms with E-state index in [1.807, 2.05) is 18.4 Å². The van der Waals surface area contributed by atoms with Crippen molar-refractivity contribution in [3.05, 3.63) is 45.3 Å². The molecule has 136 valence electrons. The van der Waals surface area contributed by atoms with E-state index in [1.165, 1.54) is 23.5 Å². The lowest BCUT2D eigenvalue weighted by atomic mass is 10.3. The molecular formula is C16H10N4O3S4. The molecule has 7 nitrogen and oxygen atoms in total. The smallest absolute Gasteiger partial charge is 0.298 e. The van der Waals surface area contributed by atoms with E-state index in [-0.39, 0.29) is 10.9 Å². The van der Waals surface area contributed by atoms with E-state index in [2.05, 4.69) is 15.3 Å². The van der Waals surface area contributed by atoms with Crippen LogP contribution in [0, 0.1) is 10.1 Å². The number of carbonyl (C=O) groups excluding carboxylic acids is 1. The number of rotatable bonds is 5. The summed E-state index contributed by atoms with van der Waals surface area (Å²) >= 11 is 5.63. The average Bonchev–Trinajstić information content (AvgIpc) is 3.36. The van der Waals surface area contributed by atoms with E-state index in [0.717, 1.165) is 36.1 Å². The Labute approximate surface area is 168 Å². The molecule has 1 N–H and O–H groups in total. The Kier molecular flexibility index (Phi) is 4.91. The summed E-state index contributed by atoms with van der Waals surface area (Å²) in [4.78, 5) is 32.0. The van der Waals surface area contributed by atoms with Gasteiger partial charge in [-0.15, -0.1) is 11.3 Å². The molecular weight excluding hydrogens is 424 g/mol. The van der Waals surface area contributed by atoms with E-state index in [0.29, 0.717) is 10.0 Å². The van der Waals surface area contributed by atoms with E-state index in [9.17, 15) is 14.9 Å². The summed E-state index contributed by atoms with van der Waals surface area (Å²) < 4.78 is 3.05. The monoisotopic (exact) mass is 434 g/mol. The highest BCUT2D eigenvalue weighted by molar-refractivity contribution is 8.00. The second-order valence-corrected chi connectivity index (χ2v) is 9.37. The molecule has 0 atom stereocenters. The normalized spacial score (nSPS) is 11.6. The molecule has 1 amide bonds. The Morgan fingerprint density at radius 3 is 2.59 bits per heavy atom. The van der Waals surface area contributed by atoms with E-state index in [1.54, 1.807) is 35.2 Å². The van der Waals surface area contributed by atoms with Crippen LogP contribution in [-0.4, -0.2) is 27.1 Å². The number of fused-ring (bicyclic) bond motifs is 3. The van der Waals surface area contributed by atoms with Crippen molar-refractivity contribution in [3.63, 3.8) is 0 Å². The highest BCUT2D eigenvalue weighted by atomic mass is 32.2. The molecule has 0 radical (unpaired) electrons.